The van der Waals surface area contributed by atoms with Gasteiger partial charge in [0.2, 0.25) is 0 Å². The van der Waals surface area contributed by atoms with E-state index >= 15 is 4.39 Å². The lowest BCUT2D eigenvalue weighted by molar-refractivity contribution is -0.0585. The van der Waals surface area contributed by atoms with Gasteiger partial charge in [-0.3, -0.25) is 4.40 Å². The molecule has 0 unspecified atom stereocenters. The molecule has 35 heavy (non-hydrogen) atoms. The molecule has 180 valence electrons. The molecule has 0 radical (unpaired) electrons. The van der Waals surface area contributed by atoms with E-state index in [9.17, 15) is 8.78 Å². The highest BCUT2D eigenvalue weighted by molar-refractivity contribution is 5.94. The number of rotatable bonds is 2. The van der Waals surface area contributed by atoms with Crippen LogP contribution in [-0.4, -0.2) is 38.7 Å². The third kappa shape index (κ3) is 3.88. The van der Waals surface area contributed by atoms with Crippen molar-refractivity contribution in [1.29, 1.82) is 0 Å². The largest absolute Gasteiger partial charge is 0.375 e. The summed E-state index contributed by atoms with van der Waals surface area (Å²) in [5.41, 5.74) is 1.13. The Labute approximate surface area is 200 Å². The van der Waals surface area contributed by atoms with Crippen molar-refractivity contribution in [2.24, 2.45) is 5.41 Å². The molecular formula is C26H24F3N5O. The van der Waals surface area contributed by atoms with E-state index in [0.29, 0.717) is 47.0 Å². The molecule has 4 aromatic rings. The number of aryl methyl sites for hydroxylation is 1. The molecule has 0 amide bonds. The van der Waals surface area contributed by atoms with Crippen LogP contribution in [0.4, 0.5) is 24.7 Å². The summed E-state index contributed by atoms with van der Waals surface area (Å²) in [5.74, 6) is 3.62. The van der Waals surface area contributed by atoms with Crippen LogP contribution in [-0.2, 0) is 11.3 Å². The van der Waals surface area contributed by atoms with Gasteiger partial charge in [0.25, 0.3) is 11.7 Å². The molecule has 1 aliphatic rings. The molecular weight excluding hydrogens is 455 g/mol. The molecule has 0 aliphatic carbocycles. The van der Waals surface area contributed by atoms with Crippen LogP contribution >= 0.6 is 0 Å². The molecule has 0 N–H and O–H groups in total. The lowest BCUT2D eigenvalue weighted by atomic mass is 9.87. The summed E-state index contributed by atoms with van der Waals surface area (Å²) >= 11 is 0. The Morgan fingerprint density at radius 1 is 1.06 bits per heavy atom. The highest BCUT2D eigenvalue weighted by Gasteiger charge is 2.40. The molecule has 6 nitrogen and oxygen atoms in total. The Morgan fingerprint density at radius 2 is 1.83 bits per heavy atom. The van der Waals surface area contributed by atoms with Crippen LogP contribution < -0.4 is 4.90 Å². The molecule has 5 rings (SSSR count). The maximum Gasteiger partial charge on any atom is 0.261 e. The van der Waals surface area contributed by atoms with Crippen LogP contribution in [0.5, 0.6) is 0 Å². The minimum Gasteiger partial charge on any atom is -0.375 e. The maximum absolute atomic E-state index is 15.2. The van der Waals surface area contributed by atoms with E-state index in [-0.39, 0.29) is 6.61 Å². The van der Waals surface area contributed by atoms with E-state index in [1.165, 1.54) is 19.9 Å². The topological polar surface area (TPSA) is 55.5 Å². The lowest BCUT2D eigenvalue weighted by Crippen LogP contribution is -2.31. The van der Waals surface area contributed by atoms with Crippen LogP contribution in [0.1, 0.15) is 37.7 Å². The standard InChI is InChI=1S/C26H24F3N5O/c1-16-31-32-24-30-23(22-19(27)8-6-10-21(22)34(16)24)33-13-14-35-15-18-17(7-5-9-20(18)33)11-12-25(2,3)26(4,28)29/h5-10H,13-15H2,1-4H3. The van der Waals surface area contributed by atoms with Crippen molar-refractivity contribution < 1.29 is 17.9 Å². The first-order valence-corrected chi connectivity index (χ1v) is 11.3. The van der Waals surface area contributed by atoms with Gasteiger partial charge in [0.15, 0.2) is 0 Å². The van der Waals surface area contributed by atoms with Gasteiger partial charge in [-0.15, -0.1) is 10.2 Å². The van der Waals surface area contributed by atoms with E-state index in [2.05, 4.69) is 27.0 Å². The van der Waals surface area contributed by atoms with E-state index in [1.807, 2.05) is 11.0 Å². The smallest absolute Gasteiger partial charge is 0.261 e. The number of hydrogen-bond acceptors (Lipinski definition) is 5. The summed E-state index contributed by atoms with van der Waals surface area (Å²) in [6.07, 6.45) is 0. The molecule has 0 bridgehead atoms. The maximum atomic E-state index is 15.2. The number of halogens is 3. The Morgan fingerprint density at radius 3 is 2.60 bits per heavy atom. The molecule has 0 saturated heterocycles. The average molecular weight is 480 g/mol. The molecule has 0 fully saturated rings. The molecule has 2 aromatic carbocycles. The van der Waals surface area contributed by atoms with E-state index < -0.39 is 17.2 Å². The lowest BCUT2D eigenvalue weighted by Gasteiger charge is -2.26. The number of fused-ring (bicyclic) bond motifs is 4. The molecule has 0 saturated carbocycles. The molecule has 9 heteroatoms. The van der Waals surface area contributed by atoms with Crippen molar-refractivity contribution in [2.45, 2.75) is 40.2 Å². The number of nitrogens with zero attached hydrogens (tertiary/aromatic N) is 5. The summed E-state index contributed by atoms with van der Waals surface area (Å²) in [6.45, 7) is 6.49. The fourth-order valence-electron chi connectivity index (χ4n) is 4.07. The van der Waals surface area contributed by atoms with Gasteiger partial charge < -0.3 is 9.64 Å². The van der Waals surface area contributed by atoms with Crippen molar-refractivity contribution in [1.82, 2.24) is 19.6 Å². The number of alkyl halides is 2. The molecule has 0 atom stereocenters. The fraction of sp³-hybridized carbons (Fsp3) is 0.346. The van der Waals surface area contributed by atoms with Gasteiger partial charge in [-0.25, -0.2) is 13.2 Å². The number of anilines is 2. The molecule has 1 aliphatic heterocycles. The van der Waals surface area contributed by atoms with Crippen LogP contribution in [0.15, 0.2) is 36.4 Å². The van der Waals surface area contributed by atoms with Crippen molar-refractivity contribution in [3.05, 3.63) is 59.2 Å². The summed E-state index contributed by atoms with van der Waals surface area (Å²) < 4.78 is 50.8. The van der Waals surface area contributed by atoms with Crippen molar-refractivity contribution in [3.8, 4) is 11.8 Å². The van der Waals surface area contributed by atoms with Gasteiger partial charge in [-0.1, -0.05) is 24.0 Å². The Bertz CT molecular complexity index is 1510. The molecule has 2 aromatic heterocycles. The number of aromatic nitrogens is 4. The Balaban J connectivity index is 1.72. The number of ether oxygens (including phenoxy) is 1. The first-order chi connectivity index (χ1) is 16.6. The van der Waals surface area contributed by atoms with Crippen molar-refractivity contribution in [3.63, 3.8) is 0 Å². The van der Waals surface area contributed by atoms with Crippen LogP contribution in [0.2, 0.25) is 0 Å². The third-order valence-electron chi connectivity index (χ3n) is 6.48. The van der Waals surface area contributed by atoms with E-state index in [0.717, 1.165) is 18.2 Å². The molecule has 0 spiro atoms. The van der Waals surface area contributed by atoms with Crippen LogP contribution in [0, 0.1) is 30.0 Å². The summed E-state index contributed by atoms with van der Waals surface area (Å²) in [5, 5.41) is 8.60. The van der Waals surface area contributed by atoms with Gasteiger partial charge in [0.05, 0.1) is 29.5 Å². The van der Waals surface area contributed by atoms with Crippen LogP contribution in [0.25, 0.3) is 16.7 Å². The van der Waals surface area contributed by atoms with Gasteiger partial charge in [-0.05, 0) is 45.0 Å². The zero-order valence-electron chi connectivity index (χ0n) is 19.9. The van der Waals surface area contributed by atoms with Crippen LogP contribution in [0.3, 0.4) is 0 Å². The Hall–Kier alpha value is -3.64. The monoisotopic (exact) mass is 479 g/mol. The number of hydrogen-bond donors (Lipinski definition) is 0. The predicted molar refractivity (Wildman–Crippen MR) is 127 cm³/mol. The normalized spacial score (nSPS) is 14.5. The van der Waals surface area contributed by atoms with Gasteiger partial charge in [0.1, 0.15) is 17.5 Å². The van der Waals surface area contributed by atoms with E-state index in [4.69, 9.17) is 4.74 Å². The van der Waals surface area contributed by atoms with Gasteiger partial charge >= 0.3 is 0 Å². The second-order valence-electron chi connectivity index (χ2n) is 9.22. The second-order valence-corrected chi connectivity index (χ2v) is 9.22. The minimum absolute atomic E-state index is 0.242. The summed E-state index contributed by atoms with van der Waals surface area (Å²) in [7, 11) is 0. The summed E-state index contributed by atoms with van der Waals surface area (Å²) in [4.78, 5) is 6.56. The van der Waals surface area contributed by atoms with Gasteiger partial charge in [-0.2, -0.15) is 4.98 Å². The molecule has 3 heterocycles. The van der Waals surface area contributed by atoms with Crippen molar-refractivity contribution in [2.75, 3.05) is 18.1 Å². The fourth-order valence-corrected chi connectivity index (χ4v) is 4.07. The average Bonchev–Trinajstić information content (AvgIpc) is 3.04. The Kier molecular flexibility index (Phi) is 5.44. The first-order valence-electron chi connectivity index (χ1n) is 11.3. The van der Waals surface area contributed by atoms with E-state index in [1.54, 1.807) is 35.6 Å². The highest BCUT2D eigenvalue weighted by Crippen LogP contribution is 2.38. The third-order valence-corrected chi connectivity index (χ3v) is 6.48. The highest BCUT2D eigenvalue weighted by atomic mass is 19.3. The predicted octanol–water partition coefficient (Wildman–Crippen LogP) is 5.43. The minimum atomic E-state index is -2.97. The first kappa shape index (κ1) is 23.1. The van der Waals surface area contributed by atoms with Crippen molar-refractivity contribution >= 4 is 28.2 Å². The SMILES string of the molecule is Cc1nnc2nc(N3CCOCc4c(C#CC(C)(C)C(C)(F)F)cccc43)c3c(F)cccc3n12. The van der Waals surface area contributed by atoms with Gasteiger partial charge in [0, 0.05) is 30.3 Å². The number of benzene rings is 2. The zero-order valence-corrected chi connectivity index (χ0v) is 19.9. The summed E-state index contributed by atoms with van der Waals surface area (Å²) in [6, 6.07) is 10.3. The zero-order chi connectivity index (χ0) is 25.0. The second kappa shape index (κ2) is 8.24. The quantitative estimate of drug-likeness (QED) is 0.359.